The van der Waals surface area contributed by atoms with Gasteiger partial charge in [0.2, 0.25) is 0 Å². The van der Waals surface area contributed by atoms with Crippen LogP contribution in [0.25, 0.3) is 0 Å². The standard InChI is InChI=1S/C23H48N2O.H3O4P/c1-5-7-8-9-10-11-12-13-14-15-16-17-18-19-20-21-23(26)24-25(3,4)22-6-2;1-5(2,3)4/h5-22H2,1-4H3;(H3,1,2,3,4)/p+1. The average molecular weight is 468 g/mol. The second-order valence-corrected chi connectivity index (χ2v) is 10.2. The van der Waals surface area contributed by atoms with Crippen molar-refractivity contribution in [2.24, 2.45) is 0 Å². The number of hydrogen-bond acceptors (Lipinski definition) is 2. The first-order chi connectivity index (χ1) is 14.5. The van der Waals surface area contributed by atoms with Crippen molar-refractivity contribution in [1.29, 1.82) is 0 Å². The number of nitrogens with one attached hydrogen (secondary N) is 1. The molecule has 0 aromatic heterocycles. The summed E-state index contributed by atoms with van der Waals surface area (Å²) in [5, 5.41) is 0. The molecule has 0 radical (unpaired) electrons. The number of carbonyl (C=O) groups is 1. The van der Waals surface area contributed by atoms with Gasteiger partial charge in [0.05, 0.1) is 14.1 Å². The van der Waals surface area contributed by atoms with Crippen molar-refractivity contribution >= 4 is 13.7 Å². The van der Waals surface area contributed by atoms with Gasteiger partial charge >= 0.3 is 7.82 Å². The van der Waals surface area contributed by atoms with Crippen LogP contribution in [-0.4, -0.2) is 45.8 Å². The Bertz CT molecular complexity index is 447. The molecule has 0 saturated carbocycles. The van der Waals surface area contributed by atoms with Crippen molar-refractivity contribution in [3.05, 3.63) is 0 Å². The molecule has 0 aliphatic carbocycles. The van der Waals surface area contributed by atoms with Crippen molar-refractivity contribution in [3.8, 4) is 0 Å². The molecule has 0 atom stereocenters. The maximum atomic E-state index is 11.9. The minimum absolute atomic E-state index is 0.207. The number of amides is 1. The van der Waals surface area contributed by atoms with E-state index in [2.05, 4.69) is 33.4 Å². The fraction of sp³-hybridized carbons (Fsp3) is 0.957. The van der Waals surface area contributed by atoms with Crippen LogP contribution in [0.5, 0.6) is 0 Å². The van der Waals surface area contributed by atoms with Crippen LogP contribution in [0.4, 0.5) is 0 Å². The maximum absolute atomic E-state index is 11.9. The second-order valence-electron chi connectivity index (χ2n) is 9.16. The number of quaternary nitrogens is 1. The van der Waals surface area contributed by atoms with Crippen LogP contribution >= 0.6 is 7.82 Å². The fourth-order valence-electron chi connectivity index (χ4n) is 3.67. The van der Waals surface area contributed by atoms with Gasteiger partial charge in [-0.15, -0.1) is 0 Å². The van der Waals surface area contributed by atoms with Crippen molar-refractivity contribution in [3.63, 3.8) is 0 Å². The zero-order chi connectivity index (χ0) is 24.0. The zero-order valence-corrected chi connectivity index (χ0v) is 21.7. The van der Waals surface area contributed by atoms with Gasteiger partial charge in [0.25, 0.3) is 5.91 Å². The summed E-state index contributed by atoms with van der Waals surface area (Å²) in [6, 6.07) is 0. The third-order valence-electron chi connectivity index (χ3n) is 5.22. The molecule has 0 aliphatic rings. The van der Waals surface area contributed by atoms with Gasteiger partial charge in [0.15, 0.2) is 0 Å². The van der Waals surface area contributed by atoms with Crippen LogP contribution in [0.15, 0.2) is 0 Å². The van der Waals surface area contributed by atoms with Gasteiger partial charge in [-0.25, -0.2) is 14.6 Å². The molecule has 1 amide bonds. The molecule has 0 fully saturated rings. The average Bonchev–Trinajstić information content (AvgIpc) is 2.63. The largest absolute Gasteiger partial charge is 0.466 e. The summed E-state index contributed by atoms with van der Waals surface area (Å²) in [6.07, 6.45) is 22.3. The van der Waals surface area contributed by atoms with Crippen LogP contribution in [0, 0.1) is 0 Å². The number of phosphoric acid groups is 1. The van der Waals surface area contributed by atoms with Crippen LogP contribution in [0.1, 0.15) is 123 Å². The molecule has 8 heteroatoms. The van der Waals surface area contributed by atoms with Crippen LogP contribution in [0.3, 0.4) is 0 Å². The van der Waals surface area contributed by atoms with Gasteiger partial charge < -0.3 is 14.7 Å². The molecule has 0 bridgehead atoms. The Morgan fingerprint density at radius 1 is 0.677 bits per heavy atom. The number of rotatable bonds is 19. The Morgan fingerprint density at radius 2 is 1.00 bits per heavy atom. The summed E-state index contributed by atoms with van der Waals surface area (Å²) in [5.41, 5.74) is 3.11. The third kappa shape index (κ3) is 34.3. The molecule has 0 aromatic carbocycles. The van der Waals surface area contributed by atoms with E-state index in [0.717, 1.165) is 19.4 Å². The Hall–Kier alpha value is -0.460. The van der Waals surface area contributed by atoms with Crippen molar-refractivity contribution in [2.45, 2.75) is 123 Å². The van der Waals surface area contributed by atoms with Crippen molar-refractivity contribution in [1.82, 2.24) is 5.43 Å². The lowest BCUT2D eigenvalue weighted by Gasteiger charge is -2.28. The number of unbranched alkanes of at least 4 members (excludes halogenated alkanes) is 14. The predicted molar refractivity (Wildman–Crippen MR) is 129 cm³/mol. The van der Waals surface area contributed by atoms with E-state index in [9.17, 15) is 4.79 Å². The molecule has 0 unspecified atom stereocenters. The highest BCUT2D eigenvalue weighted by Gasteiger charge is 2.16. The molecule has 0 aromatic rings. The van der Waals surface area contributed by atoms with E-state index in [4.69, 9.17) is 19.2 Å². The Morgan fingerprint density at radius 3 is 1.32 bits per heavy atom. The summed E-state index contributed by atoms with van der Waals surface area (Å²) in [6.45, 7) is 5.43. The van der Waals surface area contributed by atoms with Gasteiger partial charge in [0, 0.05) is 6.42 Å². The molecule has 0 rings (SSSR count). The minimum Gasteiger partial charge on any atom is -0.303 e. The highest BCUT2D eigenvalue weighted by Crippen LogP contribution is 2.25. The summed E-state index contributed by atoms with van der Waals surface area (Å²) in [5.74, 6) is 0.207. The Balaban J connectivity index is 0. The quantitative estimate of drug-likeness (QED) is 0.0826. The summed E-state index contributed by atoms with van der Waals surface area (Å²) >= 11 is 0. The van der Waals surface area contributed by atoms with E-state index in [1.54, 1.807) is 0 Å². The smallest absolute Gasteiger partial charge is 0.303 e. The van der Waals surface area contributed by atoms with E-state index in [1.165, 1.54) is 89.9 Å². The normalized spacial score (nSPS) is 11.7. The van der Waals surface area contributed by atoms with E-state index in [0.29, 0.717) is 11.0 Å². The number of nitrogens with zero attached hydrogens (tertiary/aromatic N) is 1. The first kappa shape index (κ1) is 32.7. The first-order valence-corrected chi connectivity index (χ1v) is 14.0. The minimum atomic E-state index is -4.64. The topological polar surface area (TPSA) is 107 Å². The Kier molecular flexibility index (Phi) is 22.6. The number of hydrogen-bond donors (Lipinski definition) is 4. The molecular formula is C23H52N2O5P+. The van der Waals surface area contributed by atoms with Crippen molar-refractivity contribution < 1.29 is 28.6 Å². The van der Waals surface area contributed by atoms with Crippen molar-refractivity contribution in [2.75, 3.05) is 20.6 Å². The van der Waals surface area contributed by atoms with Crippen LogP contribution in [-0.2, 0) is 9.36 Å². The molecule has 0 saturated heterocycles. The van der Waals surface area contributed by atoms with Gasteiger partial charge in [-0.3, -0.25) is 4.79 Å². The van der Waals surface area contributed by atoms with E-state index in [1.807, 2.05) is 0 Å². The third-order valence-corrected chi connectivity index (χ3v) is 5.22. The molecule has 0 spiro atoms. The predicted octanol–water partition coefficient (Wildman–Crippen LogP) is 5.84. The highest BCUT2D eigenvalue weighted by molar-refractivity contribution is 7.45. The Labute approximate surface area is 191 Å². The van der Waals surface area contributed by atoms with Gasteiger partial charge in [-0.2, -0.15) is 0 Å². The molecule has 0 heterocycles. The molecule has 0 aliphatic heterocycles. The summed E-state index contributed by atoms with van der Waals surface area (Å²) in [4.78, 5) is 33.5. The molecule has 188 valence electrons. The zero-order valence-electron chi connectivity index (χ0n) is 20.8. The van der Waals surface area contributed by atoms with Gasteiger partial charge in [-0.05, 0) is 12.8 Å². The maximum Gasteiger partial charge on any atom is 0.466 e. The van der Waals surface area contributed by atoms with E-state index in [-0.39, 0.29) is 5.91 Å². The van der Waals surface area contributed by atoms with E-state index >= 15 is 0 Å². The van der Waals surface area contributed by atoms with Gasteiger partial charge in [0.1, 0.15) is 6.54 Å². The molecular weight excluding hydrogens is 415 g/mol. The molecule has 7 nitrogen and oxygen atoms in total. The van der Waals surface area contributed by atoms with Crippen LogP contribution in [0.2, 0.25) is 0 Å². The summed E-state index contributed by atoms with van der Waals surface area (Å²) in [7, 11) is -0.512. The summed E-state index contributed by atoms with van der Waals surface area (Å²) < 4.78 is 9.49. The molecule has 31 heavy (non-hydrogen) atoms. The lowest BCUT2D eigenvalue weighted by atomic mass is 10.0. The molecule has 4 N–H and O–H groups in total. The number of carbonyl (C=O) groups excluding carboxylic acids is 1. The van der Waals surface area contributed by atoms with E-state index < -0.39 is 7.82 Å². The van der Waals surface area contributed by atoms with Crippen LogP contribution < -0.4 is 5.43 Å². The monoisotopic (exact) mass is 467 g/mol. The second kappa shape index (κ2) is 21.4. The lowest BCUT2D eigenvalue weighted by molar-refractivity contribution is -0.925. The first-order valence-electron chi connectivity index (χ1n) is 12.4. The SMILES string of the molecule is CCCCCCCCCCCCCCCCCC(=O)N[N+](C)(C)CCC.O=P(O)(O)O. The fourth-order valence-corrected chi connectivity index (χ4v) is 3.67. The van der Waals surface area contributed by atoms with Gasteiger partial charge in [-0.1, -0.05) is 104 Å². The lowest BCUT2D eigenvalue weighted by Crippen LogP contribution is -2.54. The highest BCUT2D eigenvalue weighted by atomic mass is 31.2.